The van der Waals surface area contributed by atoms with Crippen LogP contribution in [0.2, 0.25) is 0 Å². The molecule has 0 aromatic heterocycles. The van der Waals surface area contributed by atoms with E-state index in [-0.39, 0.29) is 24.7 Å². The first-order valence-corrected chi connectivity index (χ1v) is 4.82. The van der Waals surface area contributed by atoms with Crippen LogP contribution < -0.4 is 0 Å². The van der Waals surface area contributed by atoms with E-state index >= 15 is 0 Å². The van der Waals surface area contributed by atoms with E-state index in [0.717, 1.165) is 0 Å². The van der Waals surface area contributed by atoms with Gasteiger partial charge in [0.1, 0.15) is 0 Å². The normalized spacial score (nSPS) is 10.4. The highest BCUT2D eigenvalue weighted by molar-refractivity contribution is 5.73. The predicted molar refractivity (Wildman–Crippen MR) is 51.1 cm³/mol. The Morgan fingerprint density at radius 1 is 0.857 bits per heavy atom. The van der Waals surface area contributed by atoms with Crippen LogP contribution in [0, 0.1) is 11.8 Å². The van der Waals surface area contributed by atoms with Crippen molar-refractivity contribution in [3.8, 4) is 0 Å². The third-order valence-electron chi connectivity index (χ3n) is 1.38. The Morgan fingerprint density at radius 2 is 1.14 bits per heavy atom. The van der Waals surface area contributed by atoms with Crippen molar-refractivity contribution in [2.24, 2.45) is 11.8 Å². The lowest BCUT2D eigenvalue weighted by molar-refractivity contribution is -0.260. The van der Waals surface area contributed by atoms with Crippen molar-refractivity contribution in [2.75, 3.05) is 0 Å². The standard InChI is InChI=1S/C10H18O4/c1-7(2)5-9(11)13-14-10(12)6-8(3)4/h7-8H,5-6H2,1-4H3. The molecule has 0 aromatic rings. The molecule has 0 aromatic carbocycles. The largest absolute Gasteiger partial charge is 0.355 e. The van der Waals surface area contributed by atoms with Gasteiger partial charge in [0.05, 0.1) is 12.8 Å². The van der Waals surface area contributed by atoms with Gasteiger partial charge in [0.25, 0.3) is 0 Å². The van der Waals surface area contributed by atoms with E-state index in [1.54, 1.807) is 0 Å². The molecule has 0 aliphatic rings. The van der Waals surface area contributed by atoms with Crippen molar-refractivity contribution >= 4 is 11.9 Å². The molecule has 82 valence electrons. The summed E-state index contributed by atoms with van der Waals surface area (Å²) in [7, 11) is 0. The highest BCUT2D eigenvalue weighted by atomic mass is 17.2. The lowest BCUT2D eigenvalue weighted by Gasteiger charge is -2.05. The fourth-order valence-electron chi connectivity index (χ4n) is 0.828. The number of hydrogen-bond donors (Lipinski definition) is 0. The third-order valence-corrected chi connectivity index (χ3v) is 1.38. The predicted octanol–water partition coefficient (Wildman–Crippen LogP) is 2.08. The zero-order chi connectivity index (χ0) is 11.1. The van der Waals surface area contributed by atoms with Crippen LogP contribution in [0.15, 0.2) is 0 Å². The van der Waals surface area contributed by atoms with Gasteiger partial charge in [-0.2, -0.15) is 0 Å². The molecular weight excluding hydrogens is 184 g/mol. The molecule has 0 saturated carbocycles. The van der Waals surface area contributed by atoms with E-state index in [4.69, 9.17) is 0 Å². The van der Waals surface area contributed by atoms with Gasteiger partial charge < -0.3 is 0 Å². The maximum absolute atomic E-state index is 10.9. The molecule has 0 spiro atoms. The van der Waals surface area contributed by atoms with E-state index in [0.29, 0.717) is 0 Å². The molecule has 0 aliphatic carbocycles. The van der Waals surface area contributed by atoms with E-state index in [2.05, 4.69) is 9.78 Å². The Balaban J connectivity index is 3.61. The van der Waals surface area contributed by atoms with Gasteiger partial charge in [-0.1, -0.05) is 27.7 Å². The highest BCUT2D eigenvalue weighted by Crippen LogP contribution is 2.04. The van der Waals surface area contributed by atoms with Gasteiger partial charge >= 0.3 is 11.9 Å². The summed E-state index contributed by atoms with van der Waals surface area (Å²) >= 11 is 0. The third kappa shape index (κ3) is 7.58. The van der Waals surface area contributed by atoms with Crippen molar-refractivity contribution in [2.45, 2.75) is 40.5 Å². The van der Waals surface area contributed by atoms with Crippen LogP contribution in [0.4, 0.5) is 0 Å². The quantitative estimate of drug-likeness (QED) is 0.517. The van der Waals surface area contributed by atoms with Crippen LogP contribution in [0.3, 0.4) is 0 Å². The van der Waals surface area contributed by atoms with Crippen LogP contribution in [0.1, 0.15) is 40.5 Å². The van der Waals surface area contributed by atoms with Gasteiger partial charge in [0.2, 0.25) is 0 Å². The van der Waals surface area contributed by atoms with Crippen LogP contribution >= 0.6 is 0 Å². The molecule has 0 unspecified atom stereocenters. The molecule has 0 amide bonds. The molecule has 0 bridgehead atoms. The first kappa shape index (κ1) is 12.9. The molecule has 0 atom stereocenters. The summed E-state index contributed by atoms with van der Waals surface area (Å²) in [4.78, 5) is 30.5. The smallest absolute Gasteiger partial charge is 0.247 e. The minimum Gasteiger partial charge on any atom is -0.247 e. The molecule has 0 aliphatic heterocycles. The zero-order valence-electron chi connectivity index (χ0n) is 9.20. The van der Waals surface area contributed by atoms with Crippen LogP contribution in [0.25, 0.3) is 0 Å². The number of rotatable bonds is 4. The Kier molecular flexibility index (Phi) is 5.92. The van der Waals surface area contributed by atoms with Crippen LogP contribution in [-0.2, 0) is 19.4 Å². The van der Waals surface area contributed by atoms with Crippen molar-refractivity contribution in [1.29, 1.82) is 0 Å². The van der Waals surface area contributed by atoms with Gasteiger partial charge in [0.15, 0.2) is 0 Å². The average molecular weight is 202 g/mol. The molecule has 4 nitrogen and oxygen atoms in total. The second-order valence-corrected chi connectivity index (χ2v) is 4.11. The first-order chi connectivity index (χ1) is 6.41. The van der Waals surface area contributed by atoms with Crippen molar-refractivity contribution in [3.63, 3.8) is 0 Å². The summed E-state index contributed by atoms with van der Waals surface area (Å²) in [5.41, 5.74) is 0. The maximum Gasteiger partial charge on any atom is 0.355 e. The van der Waals surface area contributed by atoms with E-state index in [1.165, 1.54) is 0 Å². The molecule has 4 heteroatoms. The summed E-state index contributed by atoms with van der Waals surface area (Å²) in [6.45, 7) is 7.54. The zero-order valence-corrected chi connectivity index (χ0v) is 9.20. The molecule has 14 heavy (non-hydrogen) atoms. The summed E-state index contributed by atoms with van der Waals surface area (Å²) in [5.74, 6) is -0.605. The summed E-state index contributed by atoms with van der Waals surface area (Å²) in [6.07, 6.45) is 0.518. The minimum atomic E-state index is -0.503. The van der Waals surface area contributed by atoms with Crippen LogP contribution in [-0.4, -0.2) is 11.9 Å². The second kappa shape index (κ2) is 6.40. The van der Waals surface area contributed by atoms with Gasteiger partial charge in [-0.05, 0) is 11.8 Å². The number of carbonyl (C=O) groups is 2. The molecule has 0 heterocycles. The lowest BCUT2D eigenvalue weighted by Crippen LogP contribution is -2.14. The lowest BCUT2D eigenvalue weighted by atomic mass is 10.1. The molecule has 0 fully saturated rings. The topological polar surface area (TPSA) is 52.6 Å². The number of carbonyl (C=O) groups excluding carboxylic acids is 2. The van der Waals surface area contributed by atoms with Gasteiger partial charge in [-0.25, -0.2) is 19.4 Å². The van der Waals surface area contributed by atoms with Crippen LogP contribution in [0.5, 0.6) is 0 Å². The molecule has 0 rings (SSSR count). The fourth-order valence-corrected chi connectivity index (χ4v) is 0.828. The SMILES string of the molecule is CC(C)CC(=O)OOC(=O)CC(C)C. The second-order valence-electron chi connectivity index (χ2n) is 4.11. The van der Waals surface area contributed by atoms with Gasteiger partial charge in [0, 0.05) is 0 Å². The van der Waals surface area contributed by atoms with E-state index in [9.17, 15) is 9.59 Å². The van der Waals surface area contributed by atoms with Crippen molar-refractivity contribution in [1.82, 2.24) is 0 Å². The number of hydrogen-bond acceptors (Lipinski definition) is 4. The fraction of sp³-hybridized carbons (Fsp3) is 0.800. The molecular formula is C10H18O4. The van der Waals surface area contributed by atoms with Crippen molar-refractivity contribution in [3.05, 3.63) is 0 Å². The molecule has 0 radical (unpaired) electrons. The average Bonchev–Trinajstić information content (AvgIpc) is 1.98. The van der Waals surface area contributed by atoms with E-state index < -0.39 is 11.9 Å². The Labute approximate surface area is 84.5 Å². The monoisotopic (exact) mass is 202 g/mol. The van der Waals surface area contributed by atoms with Crippen molar-refractivity contribution < 1.29 is 19.4 Å². The van der Waals surface area contributed by atoms with Gasteiger partial charge in [-0.15, -0.1) is 0 Å². The molecule has 0 saturated heterocycles. The maximum atomic E-state index is 10.9. The Hall–Kier alpha value is -1.06. The summed E-state index contributed by atoms with van der Waals surface area (Å²) < 4.78 is 0. The highest BCUT2D eigenvalue weighted by Gasteiger charge is 2.12. The van der Waals surface area contributed by atoms with Gasteiger partial charge in [-0.3, -0.25) is 0 Å². The Bertz CT molecular complexity index is 174. The Morgan fingerprint density at radius 3 is 1.36 bits per heavy atom. The minimum absolute atomic E-state index is 0.200. The summed E-state index contributed by atoms with van der Waals surface area (Å²) in [5, 5.41) is 0. The van der Waals surface area contributed by atoms with E-state index in [1.807, 2.05) is 27.7 Å². The summed E-state index contributed by atoms with van der Waals surface area (Å²) in [6, 6.07) is 0. The first-order valence-electron chi connectivity index (χ1n) is 4.82. The molecule has 0 N–H and O–H groups in total.